The molecular weight excluding hydrogens is 268 g/mol. The fourth-order valence-corrected chi connectivity index (χ4v) is 1.49. The van der Waals surface area contributed by atoms with E-state index < -0.39 is 4.92 Å². The summed E-state index contributed by atoms with van der Waals surface area (Å²) in [5.74, 6) is 0. The quantitative estimate of drug-likeness (QED) is 0.492. The molecule has 2 aromatic rings. The Bertz CT molecular complexity index is 548. The first-order valence-corrected chi connectivity index (χ1v) is 5.73. The minimum absolute atomic E-state index is 0.0602. The normalized spacial score (nSPS) is 9.42. The second-order valence-electron chi connectivity index (χ2n) is 3.76. The molecule has 0 amide bonds. The highest BCUT2D eigenvalue weighted by Crippen LogP contribution is 2.24. The molecule has 0 unspecified atom stereocenters. The average molecular weight is 281 g/mol. The molecule has 2 heterocycles. The summed E-state index contributed by atoms with van der Waals surface area (Å²) in [6.07, 6.45) is 4.81. The van der Waals surface area contributed by atoms with Crippen LogP contribution in [-0.4, -0.2) is 14.9 Å². The third-order valence-corrected chi connectivity index (χ3v) is 2.62. The molecule has 2 rings (SSSR count). The van der Waals surface area contributed by atoms with Gasteiger partial charge in [0.2, 0.25) is 5.15 Å². The number of anilines is 1. The molecule has 0 saturated carbocycles. The van der Waals surface area contributed by atoms with Gasteiger partial charge in [0, 0.05) is 24.2 Å². The monoisotopic (exact) mass is 280 g/mol. The highest BCUT2D eigenvalue weighted by molar-refractivity contribution is 6.31. The van der Waals surface area contributed by atoms with E-state index in [1.807, 2.05) is 13.0 Å². The predicted molar refractivity (Wildman–Crippen MR) is 74.0 cm³/mol. The number of rotatable bonds is 1. The van der Waals surface area contributed by atoms with Crippen LogP contribution in [-0.2, 0) is 0 Å². The van der Waals surface area contributed by atoms with Gasteiger partial charge in [-0.2, -0.15) is 0 Å². The van der Waals surface area contributed by atoms with Crippen LogP contribution < -0.4 is 5.73 Å². The molecule has 0 aliphatic rings. The molecule has 2 N–H and O–H groups in total. The SMILES string of the molecule is Cc1ccnc(Cl)c1[N+](=O)[O-].Cc1ccncc1N. The molecule has 0 bridgehead atoms. The first-order chi connectivity index (χ1) is 8.93. The maximum atomic E-state index is 10.3. The van der Waals surface area contributed by atoms with Crippen molar-refractivity contribution in [3.8, 4) is 0 Å². The number of nitrogens with zero attached hydrogens (tertiary/aromatic N) is 3. The van der Waals surface area contributed by atoms with Crippen molar-refractivity contribution in [1.82, 2.24) is 9.97 Å². The van der Waals surface area contributed by atoms with E-state index in [1.165, 1.54) is 6.20 Å². The van der Waals surface area contributed by atoms with Crippen LogP contribution in [0.2, 0.25) is 5.15 Å². The van der Waals surface area contributed by atoms with Crippen LogP contribution >= 0.6 is 11.6 Å². The van der Waals surface area contributed by atoms with Crippen LogP contribution in [0.5, 0.6) is 0 Å². The van der Waals surface area contributed by atoms with E-state index in [9.17, 15) is 10.1 Å². The molecule has 0 aliphatic heterocycles. The Morgan fingerprint density at radius 1 is 1.26 bits per heavy atom. The summed E-state index contributed by atoms with van der Waals surface area (Å²) >= 11 is 5.47. The largest absolute Gasteiger partial charge is 0.397 e. The second-order valence-corrected chi connectivity index (χ2v) is 4.11. The minimum atomic E-state index is -0.537. The molecule has 0 atom stereocenters. The Labute approximate surface area is 115 Å². The lowest BCUT2D eigenvalue weighted by Gasteiger charge is -1.95. The summed E-state index contributed by atoms with van der Waals surface area (Å²) in [6.45, 7) is 3.57. The van der Waals surface area contributed by atoms with Gasteiger partial charge in [0.1, 0.15) is 0 Å². The molecule has 7 heteroatoms. The van der Waals surface area contributed by atoms with Crippen LogP contribution in [0.4, 0.5) is 11.4 Å². The summed E-state index contributed by atoms with van der Waals surface area (Å²) in [6, 6.07) is 3.43. The molecule has 100 valence electrons. The van der Waals surface area contributed by atoms with E-state index in [0.717, 1.165) is 11.3 Å². The van der Waals surface area contributed by atoms with E-state index in [4.69, 9.17) is 17.3 Å². The van der Waals surface area contributed by atoms with Crippen molar-refractivity contribution >= 4 is 23.0 Å². The summed E-state index contributed by atoms with van der Waals surface area (Å²) in [4.78, 5) is 17.2. The summed E-state index contributed by atoms with van der Waals surface area (Å²) < 4.78 is 0. The maximum Gasteiger partial charge on any atom is 0.309 e. The van der Waals surface area contributed by atoms with Gasteiger partial charge in [-0.15, -0.1) is 0 Å². The van der Waals surface area contributed by atoms with Gasteiger partial charge in [0.05, 0.1) is 10.6 Å². The van der Waals surface area contributed by atoms with Gasteiger partial charge >= 0.3 is 5.69 Å². The first-order valence-electron chi connectivity index (χ1n) is 5.35. The topological polar surface area (TPSA) is 94.9 Å². The minimum Gasteiger partial charge on any atom is -0.397 e. The van der Waals surface area contributed by atoms with E-state index in [0.29, 0.717) is 5.56 Å². The van der Waals surface area contributed by atoms with Gasteiger partial charge in [-0.25, -0.2) is 4.98 Å². The van der Waals surface area contributed by atoms with Crippen molar-refractivity contribution in [2.75, 3.05) is 5.73 Å². The van der Waals surface area contributed by atoms with E-state index in [2.05, 4.69) is 9.97 Å². The zero-order valence-corrected chi connectivity index (χ0v) is 11.3. The molecule has 0 aliphatic carbocycles. The zero-order chi connectivity index (χ0) is 14.4. The van der Waals surface area contributed by atoms with Crippen LogP contribution in [0.1, 0.15) is 11.1 Å². The highest BCUT2D eigenvalue weighted by Gasteiger charge is 2.15. The van der Waals surface area contributed by atoms with Crippen molar-refractivity contribution in [2.24, 2.45) is 0 Å². The van der Waals surface area contributed by atoms with E-state index >= 15 is 0 Å². The molecule has 6 nitrogen and oxygen atoms in total. The maximum absolute atomic E-state index is 10.3. The van der Waals surface area contributed by atoms with Crippen molar-refractivity contribution in [2.45, 2.75) is 13.8 Å². The molecule has 19 heavy (non-hydrogen) atoms. The Hall–Kier alpha value is -2.21. The van der Waals surface area contributed by atoms with Gasteiger partial charge in [0.25, 0.3) is 0 Å². The molecule has 0 saturated heterocycles. The number of hydrogen-bond donors (Lipinski definition) is 1. The lowest BCUT2D eigenvalue weighted by Crippen LogP contribution is -1.93. The highest BCUT2D eigenvalue weighted by atomic mass is 35.5. The number of pyridine rings is 2. The van der Waals surface area contributed by atoms with Crippen LogP contribution in [0, 0.1) is 24.0 Å². The first kappa shape index (κ1) is 14.8. The van der Waals surface area contributed by atoms with Crippen molar-refractivity contribution < 1.29 is 4.92 Å². The van der Waals surface area contributed by atoms with E-state index in [1.54, 1.807) is 25.4 Å². The molecule has 0 fully saturated rings. The number of nitrogen functional groups attached to an aromatic ring is 1. The number of nitrogens with two attached hydrogens (primary N) is 1. The summed E-state index contributed by atoms with van der Waals surface area (Å²) in [5.41, 5.74) is 7.70. The predicted octanol–water partition coefficient (Wildman–Crippen LogP) is 2.92. The zero-order valence-electron chi connectivity index (χ0n) is 10.5. The van der Waals surface area contributed by atoms with Crippen LogP contribution in [0.3, 0.4) is 0 Å². The number of halogens is 1. The Balaban J connectivity index is 0.000000200. The van der Waals surface area contributed by atoms with Crippen molar-refractivity contribution in [3.63, 3.8) is 0 Å². The van der Waals surface area contributed by atoms with Crippen LogP contribution in [0.25, 0.3) is 0 Å². The summed E-state index contributed by atoms with van der Waals surface area (Å²) in [5, 5.41) is 10.3. The van der Waals surface area contributed by atoms with Gasteiger partial charge < -0.3 is 5.73 Å². The molecule has 0 aromatic carbocycles. The number of aryl methyl sites for hydroxylation is 2. The average Bonchev–Trinajstić information content (AvgIpc) is 2.33. The number of nitro groups is 1. The lowest BCUT2D eigenvalue weighted by atomic mass is 10.3. The summed E-state index contributed by atoms with van der Waals surface area (Å²) in [7, 11) is 0. The second kappa shape index (κ2) is 6.65. The fraction of sp³-hybridized carbons (Fsp3) is 0.167. The smallest absolute Gasteiger partial charge is 0.309 e. The lowest BCUT2D eigenvalue weighted by molar-refractivity contribution is -0.385. The third-order valence-electron chi connectivity index (χ3n) is 2.34. The molecular formula is C12H13ClN4O2. The van der Waals surface area contributed by atoms with Gasteiger partial charge in [-0.1, -0.05) is 11.6 Å². The van der Waals surface area contributed by atoms with Gasteiger partial charge in [-0.05, 0) is 31.5 Å². The number of hydrogen-bond acceptors (Lipinski definition) is 5. The van der Waals surface area contributed by atoms with E-state index in [-0.39, 0.29) is 10.8 Å². The Kier molecular flexibility index (Phi) is 5.20. The van der Waals surface area contributed by atoms with Gasteiger partial charge in [-0.3, -0.25) is 15.1 Å². The fourth-order valence-electron chi connectivity index (χ4n) is 1.21. The third kappa shape index (κ3) is 4.18. The molecule has 0 radical (unpaired) electrons. The number of aromatic nitrogens is 2. The van der Waals surface area contributed by atoms with Crippen LogP contribution in [0.15, 0.2) is 30.7 Å². The van der Waals surface area contributed by atoms with Crippen molar-refractivity contribution in [3.05, 3.63) is 57.1 Å². The van der Waals surface area contributed by atoms with Crippen molar-refractivity contribution in [1.29, 1.82) is 0 Å². The Morgan fingerprint density at radius 2 is 1.89 bits per heavy atom. The Morgan fingerprint density at radius 3 is 2.26 bits per heavy atom. The standard InChI is InChI=1S/C6H5ClN2O2.C6H8N2/c1-4-2-3-8-6(7)5(4)9(10)11;1-5-2-3-8-4-6(5)7/h2-3H,1H3;2-4H,7H2,1H3. The van der Waals surface area contributed by atoms with Gasteiger partial charge in [0.15, 0.2) is 0 Å². The molecule has 2 aromatic heterocycles. The molecule has 0 spiro atoms.